The first-order valence-electron chi connectivity index (χ1n) is 7.58. The summed E-state index contributed by atoms with van der Waals surface area (Å²) in [6, 6.07) is 8.09. The zero-order valence-corrected chi connectivity index (χ0v) is 13.6. The Kier molecular flexibility index (Phi) is 4.72. The van der Waals surface area contributed by atoms with Crippen LogP contribution < -0.4 is 16.4 Å². The predicted molar refractivity (Wildman–Crippen MR) is 92.5 cm³/mol. The molecule has 1 aromatic heterocycles. The van der Waals surface area contributed by atoms with Gasteiger partial charge in [0.1, 0.15) is 5.82 Å². The van der Waals surface area contributed by atoms with Crippen molar-refractivity contribution in [2.24, 2.45) is 0 Å². The van der Waals surface area contributed by atoms with E-state index in [1.165, 1.54) is 6.20 Å². The first-order valence-corrected chi connectivity index (χ1v) is 7.58. The monoisotopic (exact) mass is 379 g/mol. The summed E-state index contributed by atoms with van der Waals surface area (Å²) >= 11 is 0. The number of nitrogens with two attached hydrogens (primary N) is 1. The number of nitrogens with zero attached hydrogens (tertiary/aromatic N) is 1. The molecule has 0 fully saturated rings. The van der Waals surface area contributed by atoms with Crippen LogP contribution in [0.15, 0.2) is 48.7 Å². The first kappa shape index (κ1) is 18.2. The van der Waals surface area contributed by atoms with Crippen molar-refractivity contribution in [3.8, 4) is 11.3 Å². The Hall–Kier alpha value is -3.56. The highest BCUT2D eigenvalue weighted by molar-refractivity contribution is 6.00. The summed E-state index contributed by atoms with van der Waals surface area (Å²) in [7, 11) is 0. The van der Waals surface area contributed by atoms with Crippen LogP contribution in [0.5, 0.6) is 0 Å². The number of hydrogen-bond donors (Lipinski definition) is 4. The van der Waals surface area contributed by atoms with Crippen molar-refractivity contribution in [3.63, 3.8) is 0 Å². The number of aromatic nitrogens is 2. The Balaban J connectivity index is 1.70. The number of amides is 2. The van der Waals surface area contributed by atoms with Crippen molar-refractivity contribution in [1.29, 1.82) is 0 Å². The van der Waals surface area contributed by atoms with Gasteiger partial charge in [-0.25, -0.2) is 14.2 Å². The van der Waals surface area contributed by atoms with E-state index in [-0.39, 0.29) is 11.6 Å². The molecule has 0 saturated heterocycles. The van der Waals surface area contributed by atoms with Crippen LogP contribution in [-0.2, 0) is 6.18 Å². The third-order valence-electron chi connectivity index (χ3n) is 3.56. The minimum absolute atomic E-state index is 0.115. The van der Waals surface area contributed by atoms with Gasteiger partial charge in [-0.3, -0.25) is 0 Å². The molecule has 0 aliphatic carbocycles. The van der Waals surface area contributed by atoms with E-state index in [0.29, 0.717) is 29.1 Å². The lowest BCUT2D eigenvalue weighted by molar-refractivity contribution is -0.139. The topological polar surface area (TPSA) is 95.8 Å². The molecule has 0 saturated carbocycles. The smallest absolute Gasteiger partial charge is 0.369 e. The van der Waals surface area contributed by atoms with E-state index in [9.17, 15) is 22.4 Å². The van der Waals surface area contributed by atoms with Crippen LogP contribution in [0.2, 0.25) is 0 Å². The molecule has 2 amide bonds. The number of nitrogen functional groups attached to an aromatic ring is 1. The number of carbonyl (C=O) groups is 1. The highest BCUT2D eigenvalue weighted by Gasteiger charge is 2.33. The lowest BCUT2D eigenvalue weighted by Crippen LogP contribution is -2.20. The lowest BCUT2D eigenvalue weighted by Gasteiger charge is -2.11. The van der Waals surface area contributed by atoms with Gasteiger partial charge in [0.05, 0.1) is 17.5 Å². The van der Waals surface area contributed by atoms with Gasteiger partial charge in [0.15, 0.2) is 5.95 Å². The minimum atomic E-state index is -4.80. The molecule has 0 spiro atoms. The fourth-order valence-corrected chi connectivity index (χ4v) is 2.36. The van der Waals surface area contributed by atoms with Crippen LogP contribution >= 0.6 is 0 Å². The zero-order valence-electron chi connectivity index (χ0n) is 13.6. The fraction of sp³-hybridized carbons (Fsp3) is 0.0588. The number of imidazole rings is 1. The van der Waals surface area contributed by atoms with E-state index >= 15 is 0 Å². The molecule has 0 unspecified atom stereocenters. The molecule has 5 N–H and O–H groups in total. The summed E-state index contributed by atoms with van der Waals surface area (Å²) in [6.07, 6.45) is -3.28. The van der Waals surface area contributed by atoms with Gasteiger partial charge < -0.3 is 21.4 Å². The van der Waals surface area contributed by atoms with Gasteiger partial charge in [-0.2, -0.15) is 13.2 Å². The second kappa shape index (κ2) is 6.98. The van der Waals surface area contributed by atoms with E-state index in [1.54, 1.807) is 24.3 Å². The maximum atomic E-state index is 13.6. The average Bonchev–Trinajstić information content (AvgIpc) is 3.00. The average molecular weight is 379 g/mol. The van der Waals surface area contributed by atoms with Gasteiger partial charge in [-0.05, 0) is 30.3 Å². The Morgan fingerprint density at radius 3 is 2.37 bits per heavy atom. The minimum Gasteiger partial charge on any atom is -0.369 e. The largest absolute Gasteiger partial charge is 0.419 e. The molecule has 140 valence electrons. The van der Waals surface area contributed by atoms with E-state index < -0.39 is 23.6 Å². The summed E-state index contributed by atoms with van der Waals surface area (Å²) in [4.78, 5) is 18.7. The van der Waals surface area contributed by atoms with Crippen molar-refractivity contribution < 1.29 is 22.4 Å². The van der Waals surface area contributed by atoms with Crippen molar-refractivity contribution >= 4 is 23.4 Å². The van der Waals surface area contributed by atoms with E-state index in [4.69, 9.17) is 5.73 Å². The first-order chi connectivity index (χ1) is 12.7. The molecule has 2 aromatic carbocycles. The summed E-state index contributed by atoms with van der Waals surface area (Å²) < 4.78 is 51.2. The summed E-state index contributed by atoms with van der Waals surface area (Å²) in [6.45, 7) is 0. The summed E-state index contributed by atoms with van der Waals surface area (Å²) in [5, 5.41) is 4.79. The third-order valence-corrected chi connectivity index (χ3v) is 3.56. The standard InChI is InChI=1S/C17H13F4N5O/c18-13-7-11(4-5-12(13)17(19,20)21)25-16(27)24-10-3-1-2-9(6-10)14-8-23-15(22)26-14/h1-8H,(H3,22,23,26)(H2,24,25,27). The van der Waals surface area contributed by atoms with Crippen LogP contribution in [0.4, 0.5) is 39.7 Å². The normalized spacial score (nSPS) is 11.3. The van der Waals surface area contributed by atoms with Crippen LogP contribution in [-0.4, -0.2) is 16.0 Å². The molecule has 1 heterocycles. The van der Waals surface area contributed by atoms with Gasteiger partial charge in [0.2, 0.25) is 0 Å². The molecule has 0 radical (unpaired) electrons. The van der Waals surface area contributed by atoms with Crippen LogP contribution in [0.3, 0.4) is 0 Å². The van der Waals surface area contributed by atoms with E-state index in [1.807, 2.05) is 0 Å². The van der Waals surface area contributed by atoms with E-state index in [2.05, 4.69) is 20.6 Å². The summed E-state index contributed by atoms with van der Waals surface area (Å²) in [5.74, 6) is -1.23. The second-order valence-corrected chi connectivity index (χ2v) is 5.53. The molecular formula is C17H13F4N5O. The molecule has 0 aliphatic rings. The number of urea groups is 1. The molecule has 10 heteroatoms. The van der Waals surface area contributed by atoms with Gasteiger partial charge >= 0.3 is 12.2 Å². The Labute approximate surface area is 150 Å². The maximum absolute atomic E-state index is 13.6. The molecule has 0 bridgehead atoms. The fourth-order valence-electron chi connectivity index (χ4n) is 2.36. The van der Waals surface area contributed by atoms with Crippen molar-refractivity contribution in [2.45, 2.75) is 6.18 Å². The number of nitrogens with one attached hydrogen (secondary N) is 3. The highest BCUT2D eigenvalue weighted by atomic mass is 19.4. The van der Waals surface area contributed by atoms with Crippen LogP contribution in [0, 0.1) is 5.82 Å². The molecule has 6 nitrogen and oxygen atoms in total. The van der Waals surface area contributed by atoms with Gasteiger partial charge in [0, 0.05) is 16.9 Å². The van der Waals surface area contributed by atoms with Gasteiger partial charge in [-0.1, -0.05) is 12.1 Å². The number of hydrogen-bond acceptors (Lipinski definition) is 3. The highest BCUT2D eigenvalue weighted by Crippen LogP contribution is 2.32. The molecule has 3 aromatic rings. The number of H-pyrrole nitrogens is 1. The second-order valence-electron chi connectivity index (χ2n) is 5.53. The Bertz CT molecular complexity index is 983. The lowest BCUT2D eigenvalue weighted by atomic mass is 10.1. The molecular weight excluding hydrogens is 366 g/mol. The number of aromatic amines is 1. The van der Waals surface area contributed by atoms with Gasteiger partial charge in [-0.15, -0.1) is 0 Å². The number of halogens is 4. The van der Waals surface area contributed by atoms with Crippen molar-refractivity contribution in [2.75, 3.05) is 16.4 Å². The maximum Gasteiger partial charge on any atom is 0.419 e. The number of carbonyl (C=O) groups excluding carboxylic acids is 1. The molecule has 0 atom stereocenters. The van der Waals surface area contributed by atoms with Crippen LogP contribution in [0.25, 0.3) is 11.3 Å². The molecule has 3 rings (SSSR count). The molecule has 0 aliphatic heterocycles. The molecule has 27 heavy (non-hydrogen) atoms. The van der Waals surface area contributed by atoms with E-state index in [0.717, 1.165) is 6.07 Å². The third kappa shape index (κ3) is 4.35. The quantitative estimate of drug-likeness (QED) is 0.506. The number of rotatable bonds is 3. The van der Waals surface area contributed by atoms with Crippen molar-refractivity contribution in [1.82, 2.24) is 9.97 Å². The Morgan fingerprint density at radius 2 is 1.78 bits per heavy atom. The number of alkyl halides is 3. The SMILES string of the molecule is Nc1ncc(-c2cccc(NC(=O)Nc3ccc(C(F)(F)F)c(F)c3)c2)[nH]1. The predicted octanol–water partition coefficient (Wildman–Crippen LogP) is 4.46. The number of benzene rings is 2. The summed E-state index contributed by atoms with van der Waals surface area (Å²) in [5.41, 5.74) is 5.76. The Morgan fingerprint density at radius 1 is 1.07 bits per heavy atom. The van der Waals surface area contributed by atoms with Gasteiger partial charge in [0.25, 0.3) is 0 Å². The van der Waals surface area contributed by atoms with Crippen LogP contribution in [0.1, 0.15) is 5.56 Å². The van der Waals surface area contributed by atoms with Crippen molar-refractivity contribution in [3.05, 3.63) is 60.0 Å². The number of anilines is 3. The zero-order chi connectivity index (χ0) is 19.6.